The van der Waals surface area contributed by atoms with Gasteiger partial charge in [0.2, 0.25) is 5.28 Å². The number of halogens is 1. The highest BCUT2D eigenvalue weighted by Crippen LogP contribution is 2.24. The number of hydrogen-bond donors (Lipinski definition) is 0. The van der Waals surface area contributed by atoms with Crippen LogP contribution < -0.4 is 4.90 Å². The van der Waals surface area contributed by atoms with E-state index in [4.69, 9.17) is 11.6 Å². The smallest absolute Gasteiger partial charge is 0.224 e. The zero-order chi connectivity index (χ0) is 12.3. The van der Waals surface area contributed by atoms with Crippen molar-refractivity contribution >= 4 is 17.4 Å². The Hall–Kier alpha value is -0.830. The highest BCUT2D eigenvalue weighted by molar-refractivity contribution is 6.28. The van der Waals surface area contributed by atoms with E-state index in [1.807, 2.05) is 13.0 Å². The molecule has 94 valence electrons. The molecule has 1 aliphatic rings. The summed E-state index contributed by atoms with van der Waals surface area (Å²) in [6, 6.07) is 2.03. The van der Waals surface area contributed by atoms with Crippen molar-refractivity contribution in [3.8, 4) is 0 Å². The predicted octanol–water partition coefficient (Wildman–Crippen LogP) is 3.45. The van der Waals surface area contributed by atoms with Crippen molar-refractivity contribution in [1.82, 2.24) is 9.97 Å². The lowest BCUT2D eigenvalue weighted by atomic mass is 9.98. The molecule has 2 heterocycles. The van der Waals surface area contributed by atoms with E-state index in [1.165, 1.54) is 25.7 Å². The molecule has 17 heavy (non-hydrogen) atoms. The molecule has 1 aromatic rings. The average Bonchev–Trinajstić information content (AvgIpc) is 2.52. The summed E-state index contributed by atoms with van der Waals surface area (Å²) >= 11 is 5.92. The van der Waals surface area contributed by atoms with Gasteiger partial charge in [-0.2, -0.15) is 0 Å². The number of aryl methyl sites for hydroxylation is 1. The third kappa shape index (κ3) is 3.32. The van der Waals surface area contributed by atoms with Gasteiger partial charge in [0.25, 0.3) is 0 Å². The minimum atomic E-state index is 0.358. The van der Waals surface area contributed by atoms with Gasteiger partial charge in [0, 0.05) is 24.8 Å². The number of hydrogen-bond acceptors (Lipinski definition) is 3. The Morgan fingerprint density at radius 1 is 1.35 bits per heavy atom. The summed E-state index contributed by atoms with van der Waals surface area (Å²) in [6.45, 7) is 6.42. The van der Waals surface area contributed by atoms with Crippen LogP contribution in [0.4, 0.5) is 5.82 Å². The fourth-order valence-electron chi connectivity index (χ4n) is 2.48. The predicted molar refractivity (Wildman–Crippen MR) is 71.6 cm³/mol. The highest BCUT2D eigenvalue weighted by Gasteiger charge is 2.17. The molecule has 0 spiro atoms. The Morgan fingerprint density at radius 2 is 2.18 bits per heavy atom. The van der Waals surface area contributed by atoms with Crippen LogP contribution in [0.1, 0.15) is 38.3 Å². The molecule has 1 fully saturated rings. The number of aromatic nitrogens is 2. The molecular formula is C13H20ClN3. The van der Waals surface area contributed by atoms with Crippen molar-refractivity contribution in [2.24, 2.45) is 5.92 Å². The van der Waals surface area contributed by atoms with Gasteiger partial charge in [0.05, 0.1) is 0 Å². The summed E-state index contributed by atoms with van der Waals surface area (Å²) in [6.07, 6.45) is 5.14. The summed E-state index contributed by atoms with van der Waals surface area (Å²) in [7, 11) is 0. The van der Waals surface area contributed by atoms with Gasteiger partial charge in [-0.25, -0.2) is 9.97 Å². The molecule has 0 radical (unpaired) electrons. The molecule has 0 aromatic carbocycles. The van der Waals surface area contributed by atoms with Gasteiger partial charge in [-0.05, 0) is 43.7 Å². The number of anilines is 1. The molecule has 0 aliphatic carbocycles. The maximum Gasteiger partial charge on any atom is 0.224 e. The lowest BCUT2D eigenvalue weighted by molar-refractivity contribution is 0.459. The third-order valence-electron chi connectivity index (χ3n) is 3.56. The van der Waals surface area contributed by atoms with Crippen LogP contribution in [-0.2, 0) is 0 Å². The van der Waals surface area contributed by atoms with Crippen molar-refractivity contribution < 1.29 is 0 Å². The molecule has 1 unspecified atom stereocenters. The molecule has 0 bridgehead atoms. The second kappa shape index (κ2) is 5.67. The van der Waals surface area contributed by atoms with Crippen LogP contribution >= 0.6 is 11.6 Å². The SMILES string of the molecule is CCC1CCCN(c2cc(C)nc(Cl)n2)CC1. The minimum absolute atomic E-state index is 0.358. The molecule has 1 aliphatic heterocycles. The first-order valence-electron chi connectivity index (χ1n) is 6.45. The average molecular weight is 254 g/mol. The number of nitrogens with zero attached hydrogens (tertiary/aromatic N) is 3. The first kappa shape index (κ1) is 12.6. The quantitative estimate of drug-likeness (QED) is 0.756. The fraction of sp³-hybridized carbons (Fsp3) is 0.692. The lowest BCUT2D eigenvalue weighted by Gasteiger charge is -2.21. The lowest BCUT2D eigenvalue weighted by Crippen LogP contribution is -2.25. The van der Waals surface area contributed by atoms with Gasteiger partial charge in [-0.15, -0.1) is 0 Å². The second-order valence-electron chi connectivity index (χ2n) is 4.83. The minimum Gasteiger partial charge on any atom is -0.356 e. The van der Waals surface area contributed by atoms with E-state index in [2.05, 4.69) is 21.8 Å². The topological polar surface area (TPSA) is 29.0 Å². The Kier molecular flexibility index (Phi) is 4.21. The molecule has 1 saturated heterocycles. The van der Waals surface area contributed by atoms with Crippen LogP contribution in [0.3, 0.4) is 0 Å². The van der Waals surface area contributed by atoms with Crippen molar-refractivity contribution in [3.05, 3.63) is 17.0 Å². The van der Waals surface area contributed by atoms with Gasteiger partial charge in [0.15, 0.2) is 0 Å². The van der Waals surface area contributed by atoms with Gasteiger partial charge >= 0.3 is 0 Å². The summed E-state index contributed by atoms with van der Waals surface area (Å²) in [5, 5.41) is 0.358. The van der Waals surface area contributed by atoms with Crippen LogP contribution in [0.15, 0.2) is 6.07 Å². The molecule has 0 amide bonds. The summed E-state index contributed by atoms with van der Waals surface area (Å²) in [5.41, 5.74) is 0.941. The Bertz CT molecular complexity index is 361. The van der Waals surface area contributed by atoms with Crippen LogP contribution in [-0.4, -0.2) is 23.1 Å². The van der Waals surface area contributed by atoms with Crippen LogP contribution in [0.25, 0.3) is 0 Å². The zero-order valence-electron chi connectivity index (χ0n) is 10.6. The van der Waals surface area contributed by atoms with Gasteiger partial charge in [-0.1, -0.05) is 13.3 Å². The van der Waals surface area contributed by atoms with E-state index in [9.17, 15) is 0 Å². The maximum absolute atomic E-state index is 5.92. The van der Waals surface area contributed by atoms with E-state index >= 15 is 0 Å². The highest BCUT2D eigenvalue weighted by atomic mass is 35.5. The second-order valence-corrected chi connectivity index (χ2v) is 5.17. The maximum atomic E-state index is 5.92. The summed E-state index contributed by atoms with van der Waals surface area (Å²) in [4.78, 5) is 10.8. The normalized spacial score (nSPS) is 21.4. The van der Waals surface area contributed by atoms with Crippen molar-refractivity contribution in [2.75, 3.05) is 18.0 Å². The fourth-order valence-corrected chi connectivity index (χ4v) is 2.70. The van der Waals surface area contributed by atoms with E-state index in [0.29, 0.717) is 5.28 Å². The number of rotatable bonds is 2. The van der Waals surface area contributed by atoms with E-state index in [0.717, 1.165) is 30.5 Å². The molecule has 0 N–H and O–H groups in total. The first-order valence-corrected chi connectivity index (χ1v) is 6.83. The summed E-state index contributed by atoms with van der Waals surface area (Å²) < 4.78 is 0. The largest absolute Gasteiger partial charge is 0.356 e. The standard InChI is InChI=1S/C13H20ClN3/c1-3-11-5-4-7-17(8-6-11)12-9-10(2)15-13(14)16-12/h9,11H,3-8H2,1-2H3. The Labute approximate surface area is 108 Å². The van der Waals surface area contributed by atoms with Gasteiger partial charge in [-0.3, -0.25) is 0 Å². The van der Waals surface area contributed by atoms with E-state index in [-0.39, 0.29) is 0 Å². The molecule has 0 saturated carbocycles. The van der Waals surface area contributed by atoms with E-state index < -0.39 is 0 Å². The third-order valence-corrected chi connectivity index (χ3v) is 3.73. The van der Waals surface area contributed by atoms with Gasteiger partial charge in [0.1, 0.15) is 5.82 Å². The van der Waals surface area contributed by atoms with Crippen molar-refractivity contribution in [2.45, 2.75) is 39.5 Å². The monoisotopic (exact) mass is 253 g/mol. The molecule has 2 rings (SSSR count). The molecule has 4 heteroatoms. The van der Waals surface area contributed by atoms with Gasteiger partial charge < -0.3 is 4.90 Å². The zero-order valence-corrected chi connectivity index (χ0v) is 11.4. The molecular weight excluding hydrogens is 234 g/mol. The molecule has 1 atom stereocenters. The Balaban J connectivity index is 2.11. The molecule has 1 aromatic heterocycles. The van der Waals surface area contributed by atoms with Crippen LogP contribution in [0.2, 0.25) is 5.28 Å². The Morgan fingerprint density at radius 3 is 2.88 bits per heavy atom. The van der Waals surface area contributed by atoms with Crippen molar-refractivity contribution in [1.29, 1.82) is 0 Å². The van der Waals surface area contributed by atoms with Crippen LogP contribution in [0.5, 0.6) is 0 Å². The van der Waals surface area contributed by atoms with Crippen LogP contribution in [0, 0.1) is 12.8 Å². The van der Waals surface area contributed by atoms with E-state index in [1.54, 1.807) is 0 Å². The summed E-state index contributed by atoms with van der Waals surface area (Å²) in [5.74, 6) is 1.86. The van der Waals surface area contributed by atoms with Crippen molar-refractivity contribution in [3.63, 3.8) is 0 Å². The first-order chi connectivity index (χ1) is 8.19. The molecule has 3 nitrogen and oxygen atoms in total.